The summed E-state index contributed by atoms with van der Waals surface area (Å²) in [5.41, 5.74) is 1.51. The number of Topliss-reactive ketones (excluding diaryl/α,β-unsaturated/α-hetero) is 1. The van der Waals surface area contributed by atoms with Crippen LogP contribution >= 0.6 is 11.6 Å². The van der Waals surface area contributed by atoms with Gasteiger partial charge in [0.2, 0.25) is 5.91 Å². The van der Waals surface area contributed by atoms with Crippen LogP contribution in [0.2, 0.25) is 5.02 Å². The Labute approximate surface area is 108 Å². The highest BCUT2D eigenvalue weighted by molar-refractivity contribution is 6.35. The number of anilines is 1. The second-order valence-corrected chi connectivity index (χ2v) is 4.30. The molecule has 1 heterocycles. The van der Waals surface area contributed by atoms with E-state index in [2.05, 4.69) is 10.1 Å². The summed E-state index contributed by atoms with van der Waals surface area (Å²) in [5, 5.41) is 2.91. The lowest BCUT2D eigenvalue weighted by Crippen LogP contribution is -2.09. The van der Waals surface area contributed by atoms with Gasteiger partial charge < -0.3 is 10.1 Å². The van der Waals surface area contributed by atoms with Gasteiger partial charge in [0.15, 0.2) is 5.78 Å². The molecule has 1 amide bonds. The van der Waals surface area contributed by atoms with Crippen molar-refractivity contribution >= 4 is 34.9 Å². The number of hydrogen-bond donors (Lipinski definition) is 1. The van der Waals surface area contributed by atoms with Crippen LogP contribution in [0.4, 0.5) is 5.69 Å². The van der Waals surface area contributed by atoms with Crippen molar-refractivity contribution in [2.45, 2.75) is 12.8 Å². The number of hydrogen-bond acceptors (Lipinski definition) is 4. The van der Waals surface area contributed by atoms with Gasteiger partial charge in [-0.1, -0.05) is 11.6 Å². The summed E-state index contributed by atoms with van der Waals surface area (Å²) in [5.74, 6) is -1.15. The first-order valence-corrected chi connectivity index (χ1v) is 5.61. The summed E-state index contributed by atoms with van der Waals surface area (Å²) in [7, 11) is 1.22. The van der Waals surface area contributed by atoms with Gasteiger partial charge in [-0.3, -0.25) is 14.4 Å². The maximum absolute atomic E-state index is 11.8. The van der Waals surface area contributed by atoms with Crippen molar-refractivity contribution in [2.75, 3.05) is 12.4 Å². The molecule has 1 aliphatic heterocycles. The number of ether oxygens (including phenoxy) is 1. The second kappa shape index (κ2) is 4.78. The molecule has 1 aliphatic rings. The monoisotopic (exact) mass is 267 g/mol. The molecule has 0 radical (unpaired) electrons. The smallest absolute Gasteiger partial charge is 0.313 e. The lowest BCUT2D eigenvalue weighted by molar-refractivity contribution is -0.139. The van der Waals surface area contributed by atoms with Gasteiger partial charge in [0, 0.05) is 5.56 Å². The van der Waals surface area contributed by atoms with E-state index in [0.29, 0.717) is 21.8 Å². The summed E-state index contributed by atoms with van der Waals surface area (Å²) in [4.78, 5) is 34.0. The Morgan fingerprint density at radius 2 is 2.17 bits per heavy atom. The SMILES string of the molecule is COC(=O)CC(=O)c1cc(Cl)c2c(c1)CC(=O)N2. The molecule has 0 bridgehead atoms. The first-order valence-electron chi connectivity index (χ1n) is 5.23. The van der Waals surface area contributed by atoms with Crippen LogP contribution < -0.4 is 5.32 Å². The van der Waals surface area contributed by atoms with Crippen LogP contribution in [-0.4, -0.2) is 24.8 Å². The second-order valence-electron chi connectivity index (χ2n) is 3.89. The zero-order valence-electron chi connectivity index (χ0n) is 9.58. The number of halogens is 1. The fraction of sp³-hybridized carbons (Fsp3) is 0.250. The van der Waals surface area contributed by atoms with Crippen LogP contribution in [0, 0.1) is 0 Å². The summed E-state index contributed by atoms with van der Waals surface area (Å²) >= 11 is 5.97. The number of ketones is 1. The number of nitrogens with one attached hydrogen (secondary N) is 1. The summed E-state index contributed by atoms with van der Waals surface area (Å²) in [6.07, 6.45) is -0.151. The molecule has 1 aromatic carbocycles. The van der Waals surface area contributed by atoms with Crippen molar-refractivity contribution < 1.29 is 19.1 Å². The van der Waals surface area contributed by atoms with Gasteiger partial charge in [-0.15, -0.1) is 0 Å². The highest BCUT2D eigenvalue weighted by Crippen LogP contribution is 2.32. The van der Waals surface area contributed by atoms with Crippen molar-refractivity contribution in [2.24, 2.45) is 0 Å². The minimum Gasteiger partial charge on any atom is -0.469 e. The molecular formula is C12H10ClNO4. The van der Waals surface area contributed by atoms with E-state index in [4.69, 9.17) is 11.6 Å². The lowest BCUT2D eigenvalue weighted by atomic mass is 10.0. The molecule has 0 atom stereocenters. The number of methoxy groups -OCH3 is 1. The largest absolute Gasteiger partial charge is 0.469 e. The van der Waals surface area contributed by atoms with Crippen molar-refractivity contribution in [3.05, 3.63) is 28.3 Å². The summed E-state index contributed by atoms with van der Waals surface area (Å²) in [6, 6.07) is 3.02. The van der Waals surface area contributed by atoms with Crippen molar-refractivity contribution in [1.82, 2.24) is 0 Å². The van der Waals surface area contributed by atoms with Gasteiger partial charge in [0.05, 0.1) is 24.2 Å². The Balaban J connectivity index is 2.29. The minimum atomic E-state index is -0.606. The maximum atomic E-state index is 11.8. The molecule has 0 spiro atoms. The number of amides is 1. The normalized spacial score (nSPS) is 12.9. The Morgan fingerprint density at radius 3 is 2.83 bits per heavy atom. The van der Waals surface area contributed by atoms with E-state index in [-0.39, 0.29) is 24.5 Å². The number of carbonyl (C=O) groups excluding carboxylic acids is 3. The van der Waals surface area contributed by atoms with E-state index in [1.165, 1.54) is 13.2 Å². The van der Waals surface area contributed by atoms with E-state index in [0.717, 1.165) is 0 Å². The van der Waals surface area contributed by atoms with Crippen LogP contribution in [-0.2, 0) is 20.7 Å². The molecule has 0 saturated carbocycles. The summed E-state index contributed by atoms with van der Waals surface area (Å²) in [6.45, 7) is 0. The van der Waals surface area contributed by atoms with Crippen LogP contribution in [0.1, 0.15) is 22.3 Å². The standard InChI is InChI=1S/C12H10ClNO4/c1-18-11(17)5-9(15)6-2-7-4-10(16)14-12(7)8(13)3-6/h2-3H,4-5H2,1H3,(H,14,16). The quantitative estimate of drug-likeness (QED) is 0.513. The third kappa shape index (κ3) is 2.36. The van der Waals surface area contributed by atoms with Gasteiger partial charge in [-0.2, -0.15) is 0 Å². The maximum Gasteiger partial charge on any atom is 0.313 e. The molecule has 1 N–H and O–H groups in total. The Morgan fingerprint density at radius 1 is 1.44 bits per heavy atom. The predicted molar refractivity (Wildman–Crippen MR) is 64.7 cm³/mol. The van der Waals surface area contributed by atoms with E-state index in [1.54, 1.807) is 6.07 Å². The average molecular weight is 268 g/mol. The number of esters is 1. The van der Waals surface area contributed by atoms with Crippen LogP contribution in [0.15, 0.2) is 12.1 Å². The lowest BCUT2D eigenvalue weighted by Gasteiger charge is -2.05. The fourth-order valence-electron chi connectivity index (χ4n) is 1.77. The third-order valence-corrected chi connectivity index (χ3v) is 2.94. The van der Waals surface area contributed by atoms with E-state index in [9.17, 15) is 14.4 Å². The molecule has 18 heavy (non-hydrogen) atoms. The number of fused-ring (bicyclic) bond motifs is 1. The molecule has 0 unspecified atom stereocenters. The number of rotatable bonds is 3. The highest BCUT2D eigenvalue weighted by atomic mass is 35.5. The van der Waals surface area contributed by atoms with Gasteiger partial charge in [0.25, 0.3) is 0 Å². The third-order valence-electron chi connectivity index (χ3n) is 2.64. The van der Waals surface area contributed by atoms with E-state index in [1.807, 2.05) is 0 Å². The molecule has 6 heteroatoms. The van der Waals surface area contributed by atoms with Crippen molar-refractivity contribution in [1.29, 1.82) is 0 Å². The summed E-state index contributed by atoms with van der Waals surface area (Å²) < 4.78 is 4.42. The molecule has 1 aromatic rings. The number of carbonyl (C=O) groups is 3. The molecule has 0 aromatic heterocycles. The highest BCUT2D eigenvalue weighted by Gasteiger charge is 2.23. The van der Waals surface area contributed by atoms with Gasteiger partial charge in [0.1, 0.15) is 6.42 Å². The molecule has 0 saturated heterocycles. The Kier molecular flexibility index (Phi) is 3.34. The van der Waals surface area contributed by atoms with Crippen LogP contribution in [0.3, 0.4) is 0 Å². The van der Waals surface area contributed by atoms with Crippen LogP contribution in [0.25, 0.3) is 0 Å². The minimum absolute atomic E-state index is 0.163. The predicted octanol–water partition coefficient (Wildman–Crippen LogP) is 1.58. The topological polar surface area (TPSA) is 72.5 Å². The first kappa shape index (κ1) is 12.6. The van der Waals surface area contributed by atoms with Gasteiger partial charge in [-0.05, 0) is 17.7 Å². The first-order chi connectivity index (χ1) is 8.51. The van der Waals surface area contributed by atoms with Crippen molar-refractivity contribution in [3.63, 3.8) is 0 Å². The molecule has 94 valence electrons. The Hall–Kier alpha value is -1.88. The molecule has 2 rings (SSSR count). The zero-order chi connectivity index (χ0) is 13.3. The van der Waals surface area contributed by atoms with Gasteiger partial charge >= 0.3 is 5.97 Å². The van der Waals surface area contributed by atoms with E-state index >= 15 is 0 Å². The number of benzene rings is 1. The molecular weight excluding hydrogens is 258 g/mol. The van der Waals surface area contributed by atoms with E-state index < -0.39 is 5.97 Å². The fourth-order valence-corrected chi connectivity index (χ4v) is 2.05. The van der Waals surface area contributed by atoms with Crippen molar-refractivity contribution in [3.8, 4) is 0 Å². The zero-order valence-corrected chi connectivity index (χ0v) is 10.3. The average Bonchev–Trinajstić information content (AvgIpc) is 2.69. The van der Waals surface area contributed by atoms with Gasteiger partial charge in [-0.25, -0.2) is 0 Å². The molecule has 5 nitrogen and oxygen atoms in total. The molecule has 0 fully saturated rings. The molecule has 0 aliphatic carbocycles. The Bertz CT molecular complexity index is 553. The van der Waals surface area contributed by atoms with Crippen LogP contribution in [0.5, 0.6) is 0 Å².